The van der Waals surface area contributed by atoms with Crippen molar-refractivity contribution in [1.82, 2.24) is 9.88 Å². The summed E-state index contributed by atoms with van der Waals surface area (Å²) in [6.07, 6.45) is 0.296. The first-order chi connectivity index (χ1) is 8.61. The molecule has 0 unspecified atom stereocenters. The Hall–Kier alpha value is -1.75. The highest BCUT2D eigenvalue weighted by molar-refractivity contribution is 6.18. The Morgan fingerprint density at radius 1 is 1.50 bits per heavy atom. The van der Waals surface area contributed by atoms with Crippen molar-refractivity contribution in [3.8, 4) is 0 Å². The highest BCUT2D eigenvalue weighted by Gasteiger charge is 2.07. The predicted octanol–water partition coefficient (Wildman–Crippen LogP) is 1.38. The van der Waals surface area contributed by atoms with Crippen molar-refractivity contribution in [3.05, 3.63) is 34.3 Å². The number of nitrogens with zero attached hydrogens (tertiary/aromatic N) is 1. The number of halogens is 1. The van der Waals surface area contributed by atoms with Gasteiger partial charge in [0.15, 0.2) is 5.58 Å². The molecule has 0 saturated heterocycles. The summed E-state index contributed by atoms with van der Waals surface area (Å²) < 4.78 is 6.50. The summed E-state index contributed by atoms with van der Waals surface area (Å²) in [5, 5.41) is 2.74. The number of hydrogen-bond acceptors (Lipinski definition) is 3. The standard InChI is InChI=1S/C12H13ClN2O3/c1-15-9-3-2-8(6-10(9)18-12(15)17)7-14-11(16)4-5-13/h2-3,6H,4-5,7H2,1H3,(H,14,16). The zero-order valence-electron chi connectivity index (χ0n) is 9.90. The van der Waals surface area contributed by atoms with E-state index in [1.807, 2.05) is 6.07 Å². The van der Waals surface area contributed by atoms with E-state index >= 15 is 0 Å². The second-order valence-electron chi connectivity index (χ2n) is 3.94. The molecule has 0 spiro atoms. The molecule has 1 N–H and O–H groups in total. The first kappa shape index (κ1) is 12.7. The SMILES string of the molecule is Cn1c(=O)oc2cc(CNC(=O)CCCl)ccc21. The third-order valence-corrected chi connectivity index (χ3v) is 2.86. The minimum absolute atomic E-state index is 0.0976. The molecular weight excluding hydrogens is 256 g/mol. The molecule has 1 aromatic heterocycles. The lowest BCUT2D eigenvalue weighted by Crippen LogP contribution is -2.22. The van der Waals surface area contributed by atoms with Crippen LogP contribution in [-0.2, 0) is 18.4 Å². The van der Waals surface area contributed by atoms with E-state index in [1.54, 1.807) is 19.2 Å². The predicted molar refractivity (Wildman–Crippen MR) is 68.6 cm³/mol. The van der Waals surface area contributed by atoms with Gasteiger partial charge in [-0.1, -0.05) is 6.07 Å². The van der Waals surface area contributed by atoms with E-state index in [-0.39, 0.29) is 5.91 Å². The number of aryl methyl sites for hydroxylation is 1. The number of hydrogen-bond donors (Lipinski definition) is 1. The quantitative estimate of drug-likeness (QED) is 0.852. The molecule has 6 heteroatoms. The zero-order chi connectivity index (χ0) is 13.1. The summed E-state index contributed by atoms with van der Waals surface area (Å²) in [6, 6.07) is 5.39. The molecule has 0 fully saturated rings. The second kappa shape index (κ2) is 5.27. The van der Waals surface area contributed by atoms with Crippen LogP contribution in [0.25, 0.3) is 11.1 Å². The van der Waals surface area contributed by atoms with Gasteiger partial charge in [-0.3, -0.25) is 9.36 Å². The van der Waals surface area contributed by atoms with Gasteiger partial charge in [0.2, 0.25) is 5.91 Å². The lowest BCUT2D eigenvalue weighted by Gasteiger charge is -2.03. The van der Waals surface area contributed by atoms with Gasteiger partial charge in [0.05, 0.1) is 5.52 Å². The van der Waals surface area contributed by atoms with Gasteiger partial charge in [0.1, 0.15) is 0 Å². The number of carbonyl (C=O) groups is 1. The molecule has 2 aromatic rings. The molecular formula is C12H13ClN2O3. The van der Waals surface area contributed by atoms with E-state index in [4.69, 9.17) is 16.0 Å². The van der Waals surface area contributed by atoms with Crippen molar-refractivity contribution >= 4 is 28.6 Å². The first-order valence-corrected chi connectivity index (χ1v) is 6.06. The summed E-state index contributed by atoms with van der Waals surface area (Å²) in [6.45, 7) is 0.393. The summed E-state index contributed by atoms with van der Waals surface area (Å²) >= 11 is 5.46. The Morgan fingerprint density at radius 2 is 2.28 bits per heavy atom. The van der Waals surface area contributed by atoms with Crippen LogP contribution in [-0.4, -0.2) is 16.4 Å². The average molecular weight is 269 g/mol. The van der Waals surface area contributed by atoms with E-state index in [0.29, 0.717) is 24.4 Å². The molecule has 0 atom stereocenters. The van der Waals surface area contributed by atoms with Gasteiger partial charge in [-0.05, 0) is 17.7 Å². The molecule has 5 nitrogen and oxygen atoms in total. The number of amides is 1. The molecule has 0 radical (unpaired) electrons. The lowest BCUT2D eigenvalue weighted by molar-refractivity contribution is -0.120. The van der Waals surface area contributed by atoms with Crippen molar-refractivity contribution < 1.29 is 9.21 Å². The van der Waals surface area contributed by atoms with Crippen LogP contribution in [0.1, 0.15) is 12.0 Å². The summed E-state index contributed by atoms with van der Waals surface area (Å²) in [4.78, 5) is 22.6. The first-order valence-electron chi connectivity index (χ1n) is 5.53. The summed E-state index contributed by atoms with van der Waals surface area (Å²) in [5.41, 5.74) is 2.13. The maximum Gasteiger partial charge on any atom is 0.419 e. The van der Waals surface area contributed by atoms with Crippen LogP contribution in [0.15, 0.2) is 27.4 Å². The molecule has 96 valence electrons. The monoisotopic (exact) mass is 268 g/mol. The molecule has 1 aromatic carbocycles. The number of aromatic nitrogens is 1. The fraction of sp³-hybridized carbons (Fsp3) is 0.333. The van der Waals surface area contributed by atoms with E-state index in [1.165, 1.54) is 4.57 Å². The van der Waals surface area contributed by atoms with Gasteiger partial charge >= 0.3 is 5.76 Å². The molecule has 0 aliphatic carbocycles. The summed E-state index contributed by atoms with van der Waals surface area (Å²) in [5.74, 6) is -0.189. The van der Waals surface area contributed by atoms with Crippen LogP contribution in [0.5, 0.6) is 0 Å². The number of oxazole rings is 1. The molecule has 18 heavy (non-hydrogen) atoms. The molecule has 0 aliphatic heterocycles. The van der Waals surface area contributed by atoms with Crippen LogP contribution in [0.4, 0.5) is 0 Å². The van der Waals surface area contributed by atoms with Gasteiger partial charge in [-0.25, -0.2) is 4.79 Å². The van der Waals surface area contributed by atoms with Crippen LogP contribution in [0, 0.1) is 0 Å². The Bertz CT molecular complexity index is 630. The third-order valence-electron chi connectivity index (χ3n) is 2.67. The number of benzene rings is 1. The fourth-order valence-electron chi connectivity index (χ4n) is 1.66. The average Bonchev–Trinajstić information content (AvgIpc) is 2.63. The minimum atomic E-state index is -0.395. The molecule has 1 heterocycles. The second-order valence-corrected chi connectivity index (χ2v) is 4.32. The highest BCUT2D eigenvalue weighted by Crippen LogP contribution is 2.14. The van der Waals surface area contributed by atoms with Gasteiger partial charge in [0, 0.05) is 25.9 Å². The highest BCUT2D eigenvalue weighted by atomic mass is 35.5. The zero-order valence-corrected chi connectivity index (χ0v) is 10.7. The largest absolute Gasteiger partial charge is 0.419 e. The topological polar surface area (TPSA) is 64.2 Å². The molecule has 0 aliphatic rings. The Labute approximate surface area is 108 Å². The number of rotatable bonds is 4. The number of alkyl halides is 1. The van der Waals surface area contributed by atoms with E-state index in [9.17, 15) is 9.59 Å². The Balaban J connectivity index is 2.15. The van der Waals surface area contributed by atoms with E-state index < -0.39 is 5.76 Å². The van der Waals surface area contributed by atoms with Gasteiger partial charge in [-0.2, -0.15) is 0 Å². The normalized spacial score (nSPS) is 10.8. The van der Waals surface area contributed by atoms with Gasteiger partial charge < -0.3 is 9.73 Å². The molecule has 0 bridgehead atoms. The van der Waals surface area contributed by atoms with Crippen molar-refractivity contribution in [3.63, 3.8) is 0 Å². The molecule has 2 rings (SSSR count). The number of carbonyl (C=O) groups excluding carboxylic acids is 1. The smallest absolute Gasteiger partial charge is 0.408 e. The van der Waals surface area contributed by atoms with Crippen molar-refractivity contribution in [2.75, 3.05) is 5.88 Å². The Morgan fingerprint density at radius 3 is 3.00 bits per heavy atom. The van der Waals surface area contributed by atoms with Crippen molar-refractivity contribution in [2.24, 2.45) is 7.05 Å². The summed E-state index contributed by atoms with van der Waals surface area (Å²) in [7, 11) is 1.65. The van der Waals surface area contributed by atoms with Crippen LogP contribution in [0.2, 0.25) is 0 Å². The maximum atomic E-state index is 11.3. The fourth-order valence-corrected chi connectivity index (χ4v) is 1.83. The lowest BCUT2D eigenvalue weighted by atomic mass is 10.2. The van der Waals surface area contributed by atoms with Gasteiger partial charge in [-0.15, -0.1) is 11.6 Å². The molecule has 0 saturated carbocycles. The number of nitrogens with one attached hydrogen (secondary N) is 1. The van der Waals surface area contributed by atoms with E-state index in [2.05, 4.69) is 5.32 Å². The third kappa shape index (κ3) is 2.56. The van der Waals surface area contributed by atoms with Crippen molar-refractivity contribution in [2.45, 2.75) is 13.0 Å². The number of fused-ring (bicyclic) bond motifs is 1. The van der Waals surface area contributed by atoms with E-state index in [0.717, 1.165) is 11.1 Å². The van der Waals surface area contributed by atoms with Crippen LogP contribution >= 0.6 is 11.6 Å². The maximum absolute atomic E-state index is 11.3. The van der Waals surface area contributed by atoms with Gasteiger partial charge in [0.25, 0.3) is 0 Å². The minimum Gasteiger partial charge on any atom is -0.408 e. The van der Waals surface area contributed by atoms with Crippen LogP contribution in [0.3, 0.4) is 0 Å². The van der Waals surface area contributed by atoms with Crippen molar-refractivity contribution in [1.29, 1.82) is 0 Å². The Kier molecular flexibility index (Phi) is 3.72. The van der Waals surface area contributed by atoms with Crippen LogP contribution < -0.4 is 11.1 Å². The molecule has 1 amide bonds.